The SMILES string of the molecule is C1=NC2CC1CN2. The average molecular weight is 96.1 g/mol. The van der Waals surface area contributed by atoms with Gasteiger partial charge >= 0.3 is 0 Å². The van der Waals surface area contributed by atoms with Crippen molar-refractivity contribution in [2.75, 3.05) is 6.54 Å². The van der Waals surface area contributed by atoms with Crippen molar-refractivity contribution < 1.29 is 0 Å². The van der Waals surface area contributed by atoms with Crippen molar-refractivity contribution in [3.63, 3.8) is 0 Å². The van der Waals surface area contributed by atoms with E-state index >= 15 is 0 Å². The summed E-state index contributed by atoms with van der Waals surface area (Å²) in [6.45, 7) is 1.16. The number of nitrogens with zero attached hydrogens (tertiary/aromatic N) is 1. The zero-order valence-corrected chi connectivity index (χ0v) is 4.09. The topological polar surface area (TPSA) is 24.4 Å². The number of hydrogen-bond acceptors (Lipinski definition) is 2. The molecule has 0 aliphatic carbocycles. The standard InChI is InChI=1S/C5H8N2/c1-4-2-6-5(1)7-3-4/h2,4-5,7H,1,3H2. The molecule has 0 radical (unpaired) electrons. The second kappa shape index (κ2) is 1.07. The Bertz CT molecular complexity index is 96.6. The van der Waals surface area contributed by atoms with Gasteiger partial charge in [-0.15, -0.1) is 0 Å². The van der Waals surface area contributed by atoms with Gasteiger partial charge in [-0.2, -0.15) is 0 Å². The minimum Gasteiger partial charge on any atom is -0.295 e. The average Bonchev–Trinajstić information content (AvgIpc) is 2.22. The molecule has 2 aliphatic rings. The Labute approximate surface area is 42.6 Å². The van der Waals surface area contributed by atoms with Crippen LogP contribution in [0.1, 0.15) is 6.42 Å². The Kier molecular flexibility index (Phi) is 0.551. The van der Waals surface area contributed by atoms with Gasteiger partial charge in [-0.1, -0.05) is 0 Å². The second-order valence-corrected chi connectivity index (χ2v) is 2.22. The molecular formula is C5H8N2. The van der Waals surface area contributed by atoms with E-state index in [4.69, 9.17) is 0 Å². The Morgan fingerprint density at radius 2 is 2.71 bits per heavy atom. The number of fused-ring (bicyclic) bond motifs is 2. The fraction of sp³-hybridized carbons (Fsp3) is 0.800. The molecule has 0 spiro atoms. The van der Waals surface area contributed by atoms with Crippen molar-refractivity contribution in [2.45, 2.75) is 12.6 Å². The van der Waals surface area contributed by atoms with Crippen LogP contribution < -0.4 is 5.32 Å². The largest absolute Gasteiger partial charge is 0.295 e. The third kappa shape index (κ3) is 0.399. The van der Waals surface area contributed by atoms with E-state index in [9.17, 15) is 0 Å². The van der Waals surface area contributed by atoms with Crippen molar-refractivity contribution in [3.05, 3.63) is 0 Å². The minimum absolute atomic E-state index is 0.491. The third-order valence-electron chi connectivity index (χ3n) is 1.62. The number of nitrogens with one attached hydrogen (secondary N) is 1. The van der Waals surface area contributed by atoms with Gasteiger partial charge in [0.05, 0.1) is 6.17 Å². The molecule has 2 atom stereocenters. The molecule has 0 saturated carbocycles. The second-order valence-electron chi connectivity index (χ2n) is 2.22. The lowest BCUT2D eigenvalue weighted by Gasteiger charge is -2.00. The number of aliphatic imine (C=N–C) groups is 1. The van der Waals surface area contributed by atoms with Gasteiger partial charge in [0, 0.05) is 18.7 Å². The number of hydrogen-bond donors (Lipinski definition) is 1. The van der Waals surface area contributed by atoms with Gasteiger partial charge in [0.1, 0.15) is 0 Å². The summed E-state index contributed by atoms with van der Waals surface area (Å²) in [5.74, 6) is 0.769. The molecule has 7 heavy (non-hydrogen) atoms. The lowest BCUT2D eigenvalue weighted by atomic mass is 10.2. The Morgan fingerprint density at radius 1 is 1.71 bits per heavy atom. The fourth-order valence-corrected chi connectivity index (χ4v) is 1.19. The van der Waals surface area contributed by atoms with Crippen LogP contribution in [0, 0.1) is 5.92 Å². The van der Waals surface area contributed by atoms with Gasteiger partial charge < -0.3 is 0 Å². The Balaban J connectivity index is 2.27. The fourth-order valence-electron chi connectivity index (χ4n) is 1.19. The smallest absolute Gasteiger partial charge is 0.0997 e. The predicted molar refractivity (Wildman–Crippen MR) is 28.4 cm³/mol. The maximum Gasteiger partial charge on any atom is 0.0997 e. The first-order chi connectivity index (χ1) is 3.45. The molecule has 0 aromatic carbocycles. The molecule has 2 aliphatic heterocycles. The van der Waals surface area contributed by atoms with E-state index in [0.29, 0.717) is 6.17 Å². The molecule has 0 amide bonds. The Morgan fingerprint density at radius 3 is 2.86 bits per heavy atom. The van der Waals surface area contributed by atoms with Gasteiger partial charge in [0.2, 0.25) is 0 Å². The van der Waals surface area contributed by atoms with Crippen LogP contribution >= 0.6 is 0 Å². The van der Waals surface area contributed by atoms with E-state index in [1.54, 1.807) is 0 Å². The lowest BCUT2D eigenvalue weighted by molar-refractivity contribution is 0.646. The maximum absolute atomic E-state index is 4.17. The molecule has 38 valence electrons. The summed E-state index contributed by atoms with van der Waals surface area (Å²) in [5.41, 5.74) is 0. The van der Waals surface area contributed by atoms with Crippen molar-refractivity contribution in [1.82, 2.24) is 5.32 Å². The van der Waals surface area contributed by atoms with Crippen molar-refractivity contribution >= 4 is 6.21 Å². The highest BCUT2D eigenvalue weighted by Gasteiger charge is 2.26. The zero-order valence-electron chi connectivity index (χ0n) is 4.09. The first kappa shape index (κ1) is 3.61. The van der Waals surface area contributed by atoms with Crippen molar-refractivity contribution in [3.8, 4) is 0 Å². The molecule has 2 rings (SSSR count). The number of rotatable bonds is 0. The minimum atomic E-state index is 0.491. The highest BCUT2D eigenvalue weighted by Crippen LogP contribution is 2.18. The van der Waals surface area contributed by atoms with Crippen LogP contribution in [0.3, 0.4) is 0 Å². The summed E-state index contributed by atoms with van der Waals surface area (Å²) in [5, 5.41) is 3.26. The van der Waals surface area contributed by atoms with Crippen molar-refractivity contribution in [2.24, 2.45) is 10.9 Å². The van der Waals surface area contributed by atoms with Gasteiger partial charge in [-0.05, 0) is 6.42 Å². The predicted octanol–water partition coefficient (Wildman–Crippen LogP) is 0.00640. The van der Waals surface area contributed by atoms with E-state index in [0.717, 1.165) is 12.5 Å². The van der Waals surface area contributed by atoms with Crippen LogP contribution in [0.25, 0.3) is 0 Å². The summed E-state index contributed by atoms with van der Waals surface area (Å²) in [6, 6.07) is 0. The molecular weight excluding hydrogens is 88.1 g/mol. The summed E-state index contributed by atoms with van der Waals surface area (Å²) >= 11 is 0. The van der Waals surface area contributed by atoms with Gasteiger partial charge in [0.25, 0.3) is 0 Å². The highest BCUT2D eigenvalue weighted by atomic mass is 15.1. The lowest BCUT2D eigenvalue weighted by Crippen LogP contribution is -2.21. The van der Waals surface area contributed by atoms with E-state index < -0.39 is 0 Å². The summed E-state index contributed by atoms with van der Waals surface area (Å²) in [6.07, 6.45) is 3.81. The van der Waals surface area contributed by atoms with Crippen LogP contribution in [-0.4, -0.2) is 18.9 Å². The molecule has 2 heterocycles. The molecule has 2 nitrogen and oxygen atoms in total. The first-order valence-corrected chi connectivity index (χ1v) is 2.72. The molecule has 2 heteroatoms. The van der Waals surface area contributed by atoms with Gasteiger partial charge in [0.15, 0.2) is 0 Å². The van der Waals surface area contributed by atoms with Gasteiger partial charge in [-0.3, -0.25) is 10.3 Å². The maximum atomic E-state index is 4.17. The molecule has 2 unspecified atom stereocenters. The van der Waals surface area contributed by atoms with Crippen LogP contribution in [0.15, 0.2) is 4.99 Å². The third-order valence-corrected chi connectivity index (χ3v) is 1.62. The van der Waals surface area contributed by atoms with Crippen LogP contribution in [0.4, 0.5) is 0 Å². The molecule has 0 aromatic rings. The summed E-state index contributed by atoms with van der Waals surface area (Å²) in [4.78, 5) is 4.17. The quantitative estimate of drug-likeness (QED) is 0.451. The molecule has 2 bridgehead atoms. The molecule has 1 N–H and O–H groups in total. The van der Waals surface area contributed by atoms with Crippen LogP contribution in [0.5, 0.6) is 0 Å². The summed E-state index contributed by atoms with van der Waals surface area (Å²) < 4.78 is 0. The van der Waals surface area contributed by atoms with E-state index in [-0.39, 0.29) is 0 Å². The zero-order chi connectivity index (χ0) is 4.69. The van der Waals surface area contributed by atoms with Crippen LogP contribution in [-0.2, 0) is 0 Å². The monoisotopic (exact) mass is 96.1 g/mol. The molecule has 1 saturated heterocycles. The van der Waals surface area contributed by atoms with Crippen LogP contribution in [0.2, 0.25) is 0 Å². The van der Waals surface area contributed by atoms with Crippen molar-refractivity contribution in [1.29, 1.82) is 0 Å². The highest BCUT2D eigenvalue weighted by molar-refractivity contribution is 5.64. The summed E-state index contributed by atoms with van der Waals surface area (Å²) in [7, 11) is 0. The Hall–Kier alpha value is -0.370. The van der Waals surface area contributed by atoms with E-state index in [1.807, 2.05) is 0 Å². The molecule has 0 aromatic heterocycles. The van der Waals surface area contributed by atoms with E-state index in [1.165, 1.54) is 6.42 Å². The molecule has 1 fully saturated rings. The van der Waals surface area contributed by atoms with E-state index in [2.05, 4.69) is 16.5 Å². The van der Waals surface area contributed by atoms with Gasteiger partial charge in [-0.25, -0.2) is 0 Å². The normalized spacial score (nSPS) is 45.7. The first-order valence-electron chi connectivity index (χ1n) is 2.72.